The van der Waals surface area contributed by atoms with Crippen LogP contribution in [-0.4, -0.2) is 11.9 Å². The summed E-state index contributed by atoms with van der Waals surface area (Å²) in [6.07, 6.45) is 31.1. The summed E-state index contributed by atoms with van der Waals surface area (Å²) in [4.78, 5) is 20.3. The molecule has 0 aromatic rings. The molecule has 0 N–H and O–H groups in total. The summed E-state index contributed by atoms with van der Waals surface area (Å²) < 4.78 is 0. The third kappa shape index (κ3) is 51.7. The summed E-state index contributed by atoms with van der Waals surface area (Å²) in [7, 11) is 0. The summed E-state index contributed by atoms with van der Waals surface area (Å²) in [6, 6.07) is 0. The van der Waals surface area contributed by atoms with Crippen molar-refractivity contribution in [3.8, 4) is 47.4 Å². The second-order valence-electron chi connectivity index (χ2n) is 11.5. The molecule has 5 heteroatoms. The van der Waals surface area contributed by atoms with Crippen LogP contribution in [0.15, 0.2) is 0 Å². The van der Waals surface area contributed by atoms with Crippen molar-refractivity contribution >= 4 is 11.9 Å². The average molecular weight is 672 g/mol. The number of aliphatic carboxylic acids is 2. The van der Waals surface area contributed by atoms with Crippen LogP contribution in [0, 0.1) is 47.4 Å². The maximum Gasteiger partial charge on any atom is 2.00 e. The molecule has 0 radical (unpaired) electrons. The number of carbonyl (C=O) groups is 2. The first kappa shape index (κ1) is 47.2. The zero-order valence-corrected chi connectivity index (χ0v) is 32.1. The van der Waals surface area contributed by atoms with Crippen LogP contribution in [0.4, 0.5) is 0 Å². The molecule has 0 saturated carbocycles. The molecule has 0 amide bonds. The number of carboxylic acids is 2. The summed E-state index contributed by atoms with van der Waals surface area (Å²) in [5.41, 5.74) is 0. The molecule has 4 nitrogen and oxygen atoms in total. The van der Waals surface area contributed by atoms with Gasteiger partial charge >= 0.3 is 19.5 Å². The van der Waals surface area contributed by atoms with E-state index in [9.17, 15) is 19.8 Å². The number of carbonyl (C=O) groups excluding carboxylic acids is 2. The van der Waals surface area contributed by atoms with E-state index in [2.05, 4.69) is 61.2 Å². The molecular formula is C40H62O4Zn. The van der Waals surface area contributed by atoms with Gasteiger partial charge in [-0.1, -0.05) is 153 Å². The fraction of sp³-hybridized carbons (Fsp3) is 0.750. The van der Waals surface area contributed by atoms with Gasteiger partial charge in [-0.2, -0.15) is 0 Å². The molecule has 0 aliphatic rings. The Morgan fingerprint density at radius 1 is 0.378 bits per heavy atom. The maximum atomic E-state index is 10.2. The minimum Gasteiger partial charge on any atom is -0.550 e. The van der Waals surface area contributed by atoms with Gasteiger partial charge in [0.25, 0.3) is 0 Å². The zero-order chi connectivity index (χ0) is 32.6. The monoisotopic (exact) mass is 670 g/mol. The van der Waals surface area contributed by atoms with E-state index in [1.807, 2.05) is 0 Å². The van der Waals surface area contributed by atoms with Crippen LogP contribution in [-0.2, 0) is 29.1 Å². The fourth-order valence-electron chi connectivity index (χ4n) is 4.47. The van der Waals surface area contributed by atoms with E-state index in [0.29, 0.717) is 25.7 Å². The summed E-state index contributed by atoms with van der Waals surface area (Å²) in [5, 5.41) is 20.3. The minimum absolute atomic E-state index is 0. The molecule has 0 aromatic heterocycles. The molecular weight excluding hydrogens is 610 g/mol. The van der Waals surface area contributed by atoms with Gasteiger partial charge in [0.1, 0.15) is 0 Å². The third-order valence-electron chi connectivity index (χ3n) is 7.15. The summed E-state index contributed by atoms with van der Waals surface area (Å²) in [6.45, 7) is 4.51. The fourth-order valence-corrected chi connectivity index (χ4v) is 4.47. The van der Waals surface area contributed by atoms with Crippen molar-refractivity contribution < 1.29 is 39.3 Å². The van der Waals surface area contributed by atoms with E-state index in [4.69, 9.17) is 0 Å². The van der Waals surface area contributed by atoms with Crippen molar-refractivity contribution in [3.63, 3.8) is 0 Å². The van der Waals surface area contributed by atoms with E-state index in [1.165, 1.54) is 116 Å². The van der Waals surface area contributed by atoms with Gasteiger partial charge in [-0.25, -0.2) is 0 Å². The van der Waals surface area contributed by atoms with Crippen molar-refractivity contribution in [2.24, 2.45) is 0 Å². The van der Waals surface area contributed by atoms with Crippen molar-refractivity contribution in [3.05, 3.63) is 0 Å². The van der Waals surface area contributed by atoms with Gasteiger partial charge in [0.05, 0.1) is 0 Å². The Morgan fingerprint density at radius 3 is 0.844 bits per heavy atom. The summed E-state index contributed by atoms with van der Waals surface area (Å²) >= 11 is 0. The molecule has 0 fully saturated rings. The zero-order valence-electron chi connectivity index (χ0n) is 29.1. The first-order chi connectivity index (χ1) is 21.5. The van der Waals surface area contributed by atoms with E-state index < -0.39 is 11.9 Å². The van der Waals surface area contributed by atoms with E-state index >= 15 is 0 Å². The number of unbranched alkanes of at least 4 members (excludes halogenated alkanes) is 22. The van der Waals surface area contributed by atoms with Crippen LogP contribution in [0.1, 0.15) is 194 Å². The molecule has 0 aromatic carbocycles. The molecule has 0 rings (SSSR count). The first-order valence-electron chi connectivity index (χ1n) is 17.9. The SMILES string of the molecule is CCCCCCCCCCCCC#CC#CCCCC(=O)[O-].CCCCCCCCCCCCC#CC#CCCCC(=O)[O-].[Zn+2]. The molecule has 0 aliphatic heterocycles. The standard InChI is InChI=1S/2C20H32O2.Zn/c2*1-2-3-4-5-6-7-8-9-10-11-12-13-14-15-16-17-18-19-20(21)22;/h2*2-12,17-19H2,1H3,(H,21,22);/q;;+2/p-2. The molecule has 0 unspecified atom stereocenters. The molecule has 0 aliphatic carbocycles. The second-order valence-corrected chi connectivity index (χ2v) is 11.5. The number of carboxylic acid groups (broad SMARTS) is 2. The third-order valence-corrected chi connectivity index (χ3v) is 7.15. The van der Waals surface area contributed by atoms with Gasteiger partial charge in [-0.3, -0.25) is 0 Å². The molecule has 0 bridgehead atoms. The van der Waals surface area contributed by atoms with Crippen LogP contribution < -0.4 is 10.2 Å². The van der Waals surface area contributed by atoms with E-state index in [-0.39, 0.29) is 32.3 Å². The number of rotatable bonds is 26. The minimum atomic E-state index is -1.01. The number of hydrogen-bond donors (Lipinski definition) is 0. The summed E-state index contributed by atoms with van der Waals surface area (Å²) in [5.74, 6) is 21.0. The van der Waals surface area contributed by atoms with Gasteiger partial charge in [0.15, 0.2) is 0 Å². The van der Waals surface area contributed by atoms with E-state index in [1.54, 1.807) is 0 Å². The quantitative estimate of drug-likeness (QED) is 0.0525. The molecule has 0 atom stereocenters. The predicted molar refractivity (Wildman–Crippen MR) is 182 cm³/mol. The normalized spacial score (nSPS) is 9.29. The Bertz CT molecular complexity index is 835. The molecule has 45 heavy (non-hydrogen) atoms. The van der Waals surface area contributed by atoms with Crippen molar-refractivity contribution in [2.75, 3.05) is 0 Å². The maximum absolute atomic E-state index is 10.2. The second kappa shape index (κ2) is 43.9. The Hall–Kier alpha value is -2.20. The predicted octanol–water partition coefficient (Wildman–Crippen LogP) is 8.45. The largest absolute Gasteiger partial charge is 2.00 e. The average Bonchev–Trinajstić information content (AvgIpc) is 3.00. The Kier molecular flexibility index (Phi) is 46.1. The van der Waals surface area contributed by atoms with Gasteiger partial charge < -0.3 is 19.8 Å². The topological polar surface area (TPSA) is 80.3 Å². The van der Waals surface area contributed by atoms with E-state index in [0.717, 1.165) is 25.7 Å². The van der Waals surface area contributed by atoms with Gasteiger partial charge in [-0.15, -0.1) is 0 Å². The smallest absolute Gasteiger partial charge is 0.550 e. The Labute approximate surface area is 291 Å². The van der Waals surface area contributed by atoms with Crippen LogP contribution >= 0.6 is 0 Å². The van der Waals surface area contributed by atoms with Crippen LogP contribution in [0.25, 0.3) is 0 Å². The van der Waals surface area contributed by atoms with Gasteiger partial charge in [0.2, 0.25) is 0 Å². The molecule has 0 heterocycles. The van der Waals surface area contributed by atoms with Gasteiger partial charge in [-0.05, 0) is 62.2 Å². The van der Waals surface area contributed by atoms with Crippen LogP contribution in [0.2, 0.25) is 0 Å². The molecule has 248 valence electrons. The van der Waals surface area contributed by atoms with Crippen molar-refractivity contribution in [1.82, 2.24) is 0 Å². The van der Waals surface area contributed by atoms with Crippen LogP contribution in [0.5, 0.6) is 0 Å². The molecule has 0 spiro atoms. The number of hydrogen-bond acceptors (Lipinski definition) is 4. The Balaban J connectivity index is -0.000000767. The molecule has 0 saturated heterocycles. The van der Waals surface area contributed by atoms with Crippen LogP contribution in [0.3, 0.4) is 0 Å². The Morgan fingerprint density at radius 2 is 0.600 bits per heavy atom. The first-order valence-corrected chi connectivity index (χ1v) is 17.9. The van der Waals surface area contributed by atoms with Crippen molar-refractivity contribution in [2.45, 2.75) is 194 Å². The van der Waals surface area contributed by atoms with Gasteiger partial charge in [0, 0.05) is 37.6 Å². The van der Waals surface area contributed by atoms with Crippen molar-refractivity contribution in [1.29, 1.82) is 0 Å².